The molecule has 1 aliphatic heterocycles. The summed E-state index contributed by atoms with van der Waals surface area (Å²) in [5.74, 6) is 0.117. The van der Waals surface area contributed by atoms with Crippen LogP contribution in [-0.4, -0.2) is 48.3 Å². The van der Waals surface area contributed by atoms with Gasteiger partial charge in [-0.25, -0.2) is 0 Å². The van der Waals surface area contributed by atoms with E-state index in [4.69, 9.17) is 9.84 Å². The molecule has 0 spiro atoms. The molecule has 1 aliphatic rings. The number of carbonyl (C=O) groups is 1. The van der Waals surface area contributed by atoms with Crippen LogP contribution in [0.25, 0.3) is 0 Å². The SMILES string of the molecule is CCc1ccc(C(=O)N2CCC(OCCCO)CC2)cc1. The fourth-order valence-corrected chi connectivity index (χ4v) is 2.61. The molecule has 4 heteroatoms. The van der Waals surface area contributed by atoms with Crippen molar-refractivity contribution in [1.29, 1.82) is 0 Å². The Morgan fingerprint density at radius 2 is 1.95 bits per heavy atom. The first kappa shape index (κ1) is 16.0. The maximum Gasteiger partial charge on any atom is 0.253 e. The summed E-state index contributed by atoms with van der Waals surface area (Å²) in [5.41, 5.74) is 2.02. The van der Waals surface area contributed by atoms with E-state index in [0.29, 0.717) is 13.0 Å². The van der Waals surface area contributed by atoms with Gasteiger partial charge in [0.15, 0.2) is 0 Å². The van der Waals surface area contributed by atoms with Crippen molar-refractivity contribution in [3.8, 4) is 0 Å². The van der Waals surface area contributed by atoms with E-state index in [0.717, 1.165) is 37.9 Å². The monoisotopic (exact) mass is 291 g/mol. The van der Waals surface area contributed by atoms with Crippen LogP contribution in [-0.2, 0) is 11.2 Å². The summed E-state index contributed by atoms with van der Waals surface area (Å²) in [4.78, 5) is 14.3. The van der Waals surface area contributed by atoms with Crippen LogP contribution in [0, 0.1) is 0 Å². The van der Waals surface area contributed by atoms with Gasteiger partial charge in [-0.3, -0.25) is 4.79 Å². The standard InChI is InChI=1S/C17H25NO3/c1-2-14-4-6-15(7-5-14)17(20)18-10-8-16(9-11-18)21-13-3-12-19/h4-7,16,19H,2-3,8-13H2,1H3. The van der Waals surface area contributed by atoms with E-state index >= 15 is 0 Å². The number of aliphatic hydroxyl groups is 1. The molecule has 21 heavy (non-hydrogen) atoms. The molecule has 1 saturated heterocycles. The van der Waals surface area contributed by atoms with Crippen LogP contribution in [0.5, 0.6) is 0 Å². The minimum Gasteiger partial charge on any atom is -0.396 e. The maximum atomic E-state index is 12.4. The van der Waals surface area contributed by atoms with Crippen molar-refractivity contribution in [3.05, 3.63) is 35.4 Å². The quantitative estimate of drug-likeness (QED) is 0.818. The molecule has 1 N–H and O–H groups in total. The second kappa shape index (κ2) is 8.15. The lowest BCUT2D eigenvalue weighted by Gasteiger charge is -2.32. The number of piperidine rings is 1. The van der Waals surface area contributed by atoms with Gasteiger partial charge in [-0.15, -0.1) is 0 Å². The largest absolute Gasteiger partial charge is 0.396 e. The molecule has 1 heterocycles. The van der Waals surface area contributed by atoms with Crippen molar-refractivity contribution < 1.29 is 14.6 Å². The van der Waals surface area contributed by atoms with Crippen molar-refractivity contribution in [2.75, 3.05) is 26.3 Å². The summed E-state index contributed by atoms with van der Waals surface area (Å²) in [7, 11) is 0. The molecule has 0 aliphatic carbocycles. The Morgan fingerprint density at radius 1 is 1.29 bits per heavy atom. The number of amides is 1. The van der Waals surface area contributed by atoms with Gasteiger partial charge in [0.05, 0.1) is 6.10 Å². The molecule has 116 valence electrons. The Balaban J connectivity index is 1.82. The normalized spacial score (nSPS) is 16.2. The molecule has 1 amide bonds. The molecule has 4 nitrogen and oxygen atoms in total. The third kappa shape index (κ3) is 4.55. The number of carbonyl (C=O) groups excluding carboxylic acids is 1. The van der Waals surface area contributed by atoms with Crippen molar-refractivity contribution in [2.24, 2.45) is 0 Å². The van der Waals surface area contributed by atoms with Crippen LogP contribution in [0.2, 0.25) is 0 Å². The summed E-state index contributed by atoms with van der Waals surface area (Å²) in [6.07, 6.45) is 3.66. The average molecular weight is 291 g/mol. The fourth-order valence-electron chi connectivity index (χ4n) is 2.61. The van der Waals surface area contributed by atoms with Crippen LogP contribution in [0.4, 0.5) is 0 Å². The van der Waals surface area contributed by atoms with Crippen LogP contribution < -0.4 is 0 Å². The van der Waals surface area contributed by atoms with Gasteiger partial charge >= 0.3 is 0 Å². The highest BCUT2D eigenvalue weighted by atomic mass is 16.5. The number of nitrogens with zero attached hydrogens (tertiary/aromatic N) is 1. The summed E-state index contributed by atoms with van der Waals surface area (Å²) in [5, 5.41) is 8.74. The highest BCUT2D eigenvalue weighted by molar-refractivity contribution is 5.94. The molecular formula is C17H25NO3. The Bertz CT molecular complexity index is 436. The number of hydrogen-bond acceptors (Lipinski definition) is 3. The zero-order valence-electron chi connectivity index (χ0n) is 12.8. The first-order valence-corrected chi connectivity index (χ1v) is 7.85. The van der Waals surface area contributed by atoms with E-state index in [1.54, 1.807) is 0 Å². The third-order valence-electron chi connectivity index (χ3n) is 3.99. The molecule has 1 aromatic carbocycles. The van der Waals surface area contributed by atoms with Gasteiger partial charge in [-0.2, -0.15) is 0 Å². The zero-order chi connectivity index (χ0) is 15.1. The topological polar surface area (TPSA) is 49.8 Å². The fraction of sp³-hybridized carbons (Fsp3) is 0.588. The minimum atomic E-state index is 0.117. The summed E-state index contributed by atoms with van der Waals surface area (Å²) >= 11 is 0. The number of rotatable bonds is 6. The van der Waals surface area contributed by atoms with Gasteiger partial charge in [0.1, 0.15) is 0 Å². The summed E-state index contributed by atoms with van der Waals surface area (Å²) in [6, 6.07) is 7.89. The molecule has 0 atom stereocenters. The van der Waals surface area contributed by atoms with Gasteiger partial charge in [0.25, 0.3) is 5.91 Å². The molecule has 2 rings (SSSR count). The van der Waals surface area contributed by atoms with E-state index in [1.807, 2.05) is 29.2 Å². The first-order valence-electron chi connectivity index (χ1n) is 7.85. The number of aryl methyl sites for hydroxylation is 1. The van der Waals surface area contributed by atoms with Crippen molar-refractivity contribution in [1.82, 2.24) is 4.90 Å². The lowest BCUT2D eigenvalue weighted by atomic mass is 10.0. The number of benzene rings is 1. The van der Waals surface area contributed by atoms with Crippen molar-refractivity contribution in [2.45, 2.75) is 38.7 Å². The van der Waals surface area contributed by atoms with E-state index in [1.165, 1.54) is 5.56 Å². The predicted molar refractivity (Wildman–Crippen MR) is 82.4 cm³/mol. The van der Waals surface area contributed by atoms with Crippen LogP contribution in [0.15, 0.2) is 24.3 Å². The zero-order valence-corrected chi connectivity index (χ0v) is 12.8. The number of ether oxygens (including phenoxy) is 1. The maximum absolute atomic E-state index is 12.4. The molecule has 0 bridgehead atoms. The minimum absolute atomic E-state index is 0.117. The van der Waals surface area contributed by atoms with Crippen LogP contribution in [0.3, 0.4) is 0 Å². The Labute approximate surface area is 126 Å². The lowest BCUT2D eigenvalue weighted by Crippen LogP contribution is -2.41. The van der Waals surface area contributed by atoms with Crippen molar-refractivity contribution >= 4 is 5.91 Å². The van der Waals surface area contributed by atoms with E-state index in [2.05, 4.69) is 6.92 Å². The molecule has 0 saturated carbocycles. The molecule has 1 fully saturated rings. The Kier molecular flexibility index (Phi) is 6.21. The van der Waals surface area contributed by atoms with Crippen LogP contribution in [0.1, 0.15) is 42.1 Å². The van der Waals surface area contributed by atoms with E-state index in [9.17, 15) is 4.79 Å². The Morgan fingerprint density at radius 3 is 2.52 bits per heavy atom. The third-order valence-corrected chi connectivity index (χ3v) is 3.99. The highest BCUT2D eigenvalue weighted by Crippen LogP contribution is 2.17. The van der Waals surface area contributed by atoms with Gasteiger partial charge in [-0.1, -0.05) is 19.1 Å². The number of aliphatic hydroxyl groups excluding tert-OH is 1. The second-order valence-corrected chi connectivity index (χ2v) is 5.49. The highest BCUT2D eigenvalue weighted by Gasteiger charge is 2.23. The van der Waals surface area contributed by atoms with Crippen LogP contribution >= 0.6 is 0 Å². The lowest BCUT2D eigenvalue weighted by molar-refractivity contribution is 0.00397. The molecule has 0 unspecified atom stereocenters. The van der Waals surface area contributed by atoms with Gasteiger partial charge in [-0.05, 0) is 43.4 Å². The van der Waals surface area contributed by atoms with E-state index in [-0.39, 0.29) is 18.6 Å². The summed E-state index contributed by atoms with van der Waals surface area (Å²) in [6.45, 7) is 4.38. The number of hydrogen-bond donors (Lipinski definition) is 1. The predicted octanol–water partition coefficient (Wildman–Crippen LogP) is 2.25. The van der Waals surface area contributed by atoms with Crippen molar-refractivity contribution in [3.63, 3.8) is 0 Å². The van der Waals surface area contributed by atoms with Gasteiger partial charge < -0.3 is 14.7 Å². The smallest absolute Gasteiger partial charge is 0.253 e. The Hall–Kier alpha value is -1.39. The summed E-state index contributed by atoms with van der Waals surface area (Å²) < 4.78 is 5.69. The first-order chi connectivity index (χ1) is 10.2. The average Bonchev–Trinajstić information content (AvgIpc) is 2.55. The van der Waals surface area contributed by atoms with Gasteiger partial charge in [0.2, 0.25) is 0 Å². The van der Waals surface area contributed by atoms with E-state index < -0.39 is 0 Å². The molecule has 0 radical (unpaired) electrons. The second-order valence-electron chi connectivity index (χ2n) is 5.49. The molecule has 1 aromatic rings. The van der Waals surface area contributed by atoms with Gasteiger partial charge in [0, 0.05) is 31.9 Å². The molecular weight excluding hydrogens is 266 g/mol. The number of likely N-dealkylation sites (tertiary alicyclic amines) is 1. The molecule has 0 aromatic heterocycles.